The Morgan fingerprint density at radius 1 is 1.40 bits per heavy atom. The Balaban J connectivity index is 1.84. The molecule has 0 aliphatic carbocycles. The first-order valence-electron chi connectivity index (χ1n) is 6.79. The van der Waals surface area contributed by atoms with Crippen LogP contribution < -0.4 is 10.6 Å². The molecule has 5 nitrogen and oxygen atoms in total. The summed E-state index contributed by atoms with van der Waals surface area (Å²) in [5.74, 6) is -0.0561. The molecule has 2 N–H and O–H groups in total. The highest BCUT2D eigenvalue weighted by molar-refractivity contribution is 5.98. The minimum Gasteiger partial charge on any atom is -0.378 e. The smallest absolute Gasteiger partial charge is 0.268 e. The summed E-state index contributed by atoms with van der Waals surface area (Å²) in [6.45, 7) is 1.52. The van der Waals surface area contributed by atoms with E-state index in [1.54, 1.807) is 7.11 Å². The molecule has 20 heavy (non-hydrogen) atoms. The normalized spacial score (nSPS) is 22.3. The van der Waals surface area contributed by atoms with Crippen molar-refractivity contribution in [3.63, 3.8) is 0 Å². The second-order valence-electron chi connectivity index (χ2n) is 5.16. The van der Waals surface area contributed by atoms with E-state index >= 15 is 0 Å². The number of para-hydroxylation sites is 1. The average Bonchev–Trinajstić information content (AvgIpc) is 3.04. The van der Waals surface area contributed by atoms with Gasteiger partial charge in [0.05, 0.1) is 12.1 Å². The van der Waals surface area contributed by atoms with Crippen LogP contribution in [0.15, 0.2) is 30.3 Å². The van der Waals surface area contributed by atoms with Crippen molar-refractivity contribution in [2.45, 2.75) is 12.1 Å². The summed E-state index contributed by atoms with van der Waals surface area (Å²) < 4.78 is 7.29. The molecule has 1 amide bonds. The third kappa shape index (κ3) is 2.19. The molecule has 0 unspecified atom stereocenters. The number of aromatic nitrogens is 1. The van der Waals surface area contributed by atoms with Gasteiger partial charge in [-0.25, -0.2) is 0 Å². The monoisotopic (exact) mass is 273 g/mol. The van der Waals surface area contributed by atoms with Crippen LogP contribution in [0.3, 0.4) is 0 Å². The summed E-state index contributed by atoms with van der Waals surface area (Å²) in [5.41, 5.74) is 1.73. The number of nitrogens with one attached hydrogen (secondary N) is 2. The van der Waals surface area contributed by atoms with Crippen molar-refractivity contribution in [3.8, 4) is 0 Å². The van der Waals surface area contributed by atoms with E-state index in [0.717, 1.165) is 24.0 Å². The topological polar surface area (TPSA) is 55.3 Å². The molecule has 0 saturated carbocycles. The molecule has 1 saturated heterocycles. The van der Waals surface area contributed by atoms with E-state index < -0.39 is 0 Å². The van der Waals surface area contributed by atoms with Crippen LogP contribution >= 0.6 is 0 Å². The number of hydrogen-bond acceptors (Lipinski definition) is 3. The molecule has 1 fully saturated rings. The number of benzene rings is 1. The van der Waals surface area contributed by atoms with Crippen LogP contribution in [-0.2, 0) is 11.8 Å². The van der Waals surface area contributed by atoms with Gasteiger partial charge in [0.1, 0.15) is 5.69 Å². The zero-order valence-electron chi connectivity index (χ0n) is 11.7. The van der Waals surface area contributed by atoms with E-state index in [9.17, 15) is 4.79 Å². The van der Waals surface area contributed by atoms with Gasteiger partial charge < -0.3 is 19.9 Å². The van der Waals surface area contributed by atoms with Crippen LogP contribution in [-0.4, -0.2) is 42.8 Å². The molecule has 1 aromatic heterocycles. The number of rotatable bonds is 3. The predicted octanol–water partition coefficient (Wildman–Crippen LogP) is 0.895. The lowest BCUT2D eigenvalue weighted by Crippen LogP contribution is -2.44. The SMILES string of the molecule is CO[C@H]1CNC[C@@H]1NC(=O)c1cc2ccccc2n1C. The van der Waals surface area contributed by atoms with Crippen molar-refractivity contribution in [2.24, 2.45) is 7.05 Å². The summed E-state index contributed by atoms with van der Waals surface area (Å²) in [6, 6.07) is 9.93. The number of ether oxygens (including phenoxy) is 1. The van der Waals surface area contributed by atoms with Crippen molar-refractivity contribution < 1.29 is 9.53 Å². The van der Waals surface area contributed by atoms with Gasteiger partial charge in [-0.2, -0.15) is 0 Å². The average molecular weight is 273 g/mol. The van der Waals surface area contributed by atoms with Crippen LogP contribution in [0.25, 0.3) is 10.9 Å². The van der Waals surface area contributed by atoms with Crippen molar-refractivity contribution in [1.82, 2.24) is 15.2 Å². The summed E-state index contributed by atoms with van der Waals surface area (Å²) in [6.07, 6.45) is 0.0358. The van der Waals surface area contributed by atoms with Crippen LogP contribution in [0.5, 0.6) is 0 Å². The number of aryl methyl sites for hydroxylation is 1. The van der Waals surface area contributed by atoms with Gasteiger partial charge in [-0.15, -0.1) is 0 Å². The van der Waals surface area contributed by atoms with Crippen molar-refractivity contribution >= 4 is 16.8 Å². The number of nitrogens with zero attached hydrogens (tertiary/aromatic N) is 1. The lowest BCUT2D eigenvalue weighted by Gasteiger charge is -2.18. The van der Waals surface area contributed by atoms with Gasteiger partial charge in [-0.05, 0) is 12.1 Å². The number of methoxy groups -OCH3 is 1. The molecular formula is C15H19N3O2. The predicted molar refractivity (Wildman–Crippen MR) is 77.8 cm³/mol. The third-order valence-corrected chi connectivity index (χ3v) is 3.96. The largest absolute Gasteiger partial charge is 0.378 e. The third-order valence-electron chi connectivity index (χ3n) is 3.96. The maximum absolute atomic E-state index is 12.4. The number of fused-ring (bicyclic) bond motifs is 1. The lowest BCUT2D eigenvalue weighted by molar-refractivity contribution is 0.0774. The number of hydrogen-bond donors (Lipinski definition) is 2. The van der Waals surface area contributed by atoms with Gasteiger partial charge in [0.2, 0.25) is 0 Å². The summed E-state index contributed by atoms with van der Waals surface area (Å²) >= 11 is 0. The molecule has 1 aliphatic rings. The highest BCUT2D eigenvalue weighted by Crippen LogP contribution is 2.18. The van der Waals surface area contributed by atoms with Crippen LogP contribution in [0, 0.1) is 0 Å². The van der Waals surface area contributed by atoms with Gasteiger partial charge in [0.25, 0.3) is 5.91 Å². The molecule has 106 valence electrons. The molecule has 1 aromatic carbocycles. The molecule has 0 radical (unpaired) electrons. The maximum atomic E-state index is 12.4. The van der Waals surface area contributed by atoms with Crippen LogP contribution in [0.4, 0.5) is 0 Å². The van der Waals surface area contributed by atoms with Gasteiger partial charge in [-0.3, -0.25) is 4.79 Å². The van der Waals surface area contributed by atoms with Gasteiger partial charge in [-0.1, -0.05) is 18.2 Å². The van der Waals surface area contributed by atoms with E-state index in [1.807, 2.05) is 41.9 Å². The summed E-state index contributed by atoms with van der Waals surface area (Å²) in [5, 5.41) is 7.35. The Morgan fingerprint density at radius 3 is 2.95 bits per heavy atom. The minimum atomic E-state index is -0.0561. The minimum absolute atomic E-state index is 0.0190. The molecule has 2 aromatic rings. The fraction of sp³-hybridized carbons (Fsp3) is 0.400. The number of carbonyl (C=O) groups excluding carboxylic acids is 1. The zero-order chi connectivity index (χ0) is 14.1. The van der Waals surface area contributed by atoms with Gasteiger partial charge >= 0.3 is 0 Å². The zero-order valence-corrected chi connectivity index (χ0v) is 11.7. The fourth-order valence-corrected chi connectivity index (χ4v) is 2.80. The molecule has 3 rings (SSSR count). The Morgan fingerprint density at radius 2 is 2.20 bits per heavy atom. The van der Waals surface area contributed by atoms with Crippen LogP contribution in [0.1, 0.15) is 10.5 Å². The second-order valence-corrected chi connectivity index (χ2v) is 5.16. The maximum Gasteiger partial charge on any atom is 0.268 e. The first-order chi connectivity index (χ1) is 9.70. The van der Waals surface area contributed by atoms with E-state index in [4.69, 9.17) is 4.74 Å². The highest BCUT2D eigenvalue weighted by Gasteiger charge is 2.29. The molecule has 5 heteroatoms. The highest BCUT2D eigenvalue weighted by atomic mass is 16.5. The quantitative estimate of drug-likeness (QED) is 0.873. The van der Waals surface area contributed by atoms with E-state index in [-0.39, 0.29) is 18.1 Å². The second kappa shape index (κ2) is 5.26. The standard InChI is InChI=1S/C15H19N3O2/c1-18-12-6-4-3-5-10(12)7-13(18)15(19)17-11-8-16-9-14(11)20-2/h3-7,11,14,16H,8-9H2,1-2H3,(H,17,19)/t11-,14-/m0/s1. The van der Waals surface area contributed by atoms with Crippen molar-refractivity contribution in [2.75, 3.05) is 20.2 Å². The Kier molecular flexibility index (Phi) is 3.46. The molecule has 1 aliphatic heterocycles. The van der Waals surface area contributed by atoms with Crippen LogP contribution in [0.2, 0.25) is 0 Å². The van der Waals surface area contributed by atoms with Crippen molar-refractivity contribution in [3.05, 3.63) is 36.0 Å². The molecule has 0 bridgehead atoms. The van der Waals surface area contributed by atoms with E-state index in [0.29, 0.717) is 5.69 Å². The molecular weight excluding hydrogens is 254 g/mol. The first kappa shape index (κ1) is 13.1. The Hall–Kier alpha value is -1.85. The van der Waals surface area contributed by atoms with Crippen molar-refractivity contribution in [1.29, 1.82) is 0 Å². The number of amides is 1. The number of carbonyl (C=O) groups is 1. The molecule has 2 atom stereocenters. The Bertz CT molecular complexity index is 635. The van der Waals surface area contributed by atoms with E-state index in [1.165, 1.54) is 0 Å². The van der Waals surface area contributed by atoms with E-state index in [2.05, 4.69) is 10.6 Å². The first-order valence-corrected chi connectivity index (χ1v) is 6.79. The molecule has 2 heterocycles. The van der Waals surface area contributed by atoms with Gasteiger partial charge in [0.15, 0.2) is 0 Å². The summed E-state index contributed by atoms with van der Waals surface area (Å²) in [7, 11) is 3.59. The lowest BCUT2D eigenvalue weighted by atomic mass is 10.2. The Labute approximate surface area is 117 Å². The van der Waals surface area contributed by atoms with Gasteiger partial charge in [0, 0.05) is 38.1 Å². The molecule has 0 spiro atoms. The summed E-state index contributed by atoms with van der Waals surface area (Å²) in [4.78, 5) is 12.4. The fourth-order valence-electron chi connectivity index (χ4n) is 2.80.